The predicted molar refractivity (Wildman–Crippen MR) is 129 cm³/mol. The lowest BCUT2D eigenvalue weighted by atomic mass is 10.1. The van der Waals surface area contributed by atoms with Crippen LogP contribution in [-0.4, -0.2) is 32.4 Å². The lowest BCUT2D eigenvalue weighted by Crippen LogP contribution is -2.45. The molecule has 0 fully saturated rings. The Bertz CT molecular complexity index is 1320. The molecular weight excluding hydrogens is 482 g/mol. The van der Waals surface area contributed by atoms with Crippen LogP contribution < -0.4 is 14.8 Å². The zero-order valence-corrected chi connectivity index (χ0v) is 19.9. The van der Waals surface area contributed by atoms with E-state index in [1.807, 2.05) is 0 Å². The highest BCUT2D eigenvalue weighted by atomic mass is 35.5. The number of carbonyl (C=O) groups excluding carboxylic acids is 1. The Labute approximate surface area is 201 Å². The van der Waals surface area contributed by atoms with Gasteiger partial charge in [0.1, 0.15) is 16.7 Å². The molecule has 11 heteroatoms. The third kappa shape index (κ3) is 5.90. The number of rotatable bonds is 9. The van der Waals surface area contributed by atoms with Crippen LogP contribution >= 0.6 is 11.6 Å². The van der Waals surface area contributed by atoms with Crippen molar-refractivity contribution in [2.24, 2.45) is 0 Å². The van der Waals surface area contributed by atoms with Crippen LogP contribution in [0.15, 0.2) is 71.6 Å². The smallest absolute Gasteiger partial charge is 0.274 e. The molecule has 3 aromatic carbocycles. The lowest BCUT2D eigenvalue weighted by molar-refractivity contribution is -0.385. The van der Waals surface area contributed by atoms with Crippen molar-refractivity contribution >= 4 is 38.9 Å². The van der Waals surface area contributed by atoms with Gasteiger partial charge in [-0.15, -0.1) is 0 Å². The minimum atomic E-state index is -4.24. The summed E-state index contributed by atoms with van der Waals surface area (Å²) in [6.45, 7) is 1.50. The molecule has 9 nitrogen and oxygen atoms in total. The Morgan fingerprint density at radius 2 is 1.82 bits per heavy atom. The topological polar surface area (TPSA) is 128 Å². The zero-order valence-electron chi connectivity index (χ0n) is 18.3. The van der Waals surface area contributed by atoms with E-state index in [0.29, 0.717) is 5.56 Å². The largest absolute Gasteiger partial charge is 0.495 e. The number of nitrogens with one attached hydrogen (secondary N) is 2. The van der Waals surface area contributed by atoms with Gasteiger partial charge < -0.3 is 10.1 Å². The van der Waals surface area contributed by atoms with Crippen molar-refractivity contribution < 1.29 is 22.9 Å². The van der Waals surface area contributed by atoms with Gasteiger partial charge in [0, 0.05) is 11.1 Å². The number of nitrogens with zero attached hydrogens (tertiary/aromatic N) is 1. The Morgan fingerprint density at radius 1 is 1.12 bits per heavy atom. The van der Waals surface area contributed by atoms with Gasteiger partial charge >= 0.3 is 0 Å². The normalized spacial score (nSPS) is 12.1. The molecule has 34 heavy (non-hydrogen) atoms. The van der Waals surface area contributed by atoms with E-state index < -0.39 is 26.9 Å². The van der Waals surface area contributed by atoms with E-state index in [2.05, 4.69) is 10.0 Å². The van der Waals surface area contributed by atoms with Gasteiger partial charge in [0.05, 0.1) is 23.3 Å². The highest BCUT2D eigenvalue weighted by Crippen LogP contribution is 2.28. The Kier molecular flexibility index (Phi) is 7.87. The number of anilines is 1. The molecule has 0 aliphatic carbocycles. The molecule has 0 saturated heterocycles. The zero-order chi connectivity index (χ0) is 24.9. The van der Waals surface area contributed by atoms with Crippen molar-refractivity contribution in [1.29, 1.82) is 0 Å². The summed E-state index contributed by atoms with van der Waals surface area (Å²) >= 11 is 5.99. The van der Waals surface area contributed by atoms with E-state index in [9.17, 15) is 23.3 Å². The summed E-state index contributed by atoms with van der Waals surface area (Å²) in [5, 5.41) is 14.0. The number of amides is 1. The minimum absolute atomic E-state index is 0.0305. The number of benzene rings is 3. The van der Waals surface area contributed by atoms with E-state index in [1.165, 1.54) is 50.4 Å². The number of hydrogen-bond donors (Lipinski definition) is 2. The number of ether oxygens (including phenoxy) is 1. The molecule has 0 aliphatic heterocycles. The summed E-state index contributed by atoms with van der Waals surface area (Å²) in [5.41, 5.74) is 0.997. The molecule has 0 unspecified atom stereocenters. The quantitative estimate of drug-likeness (QED) is 0.334. The Balaban J connectivity index is 1.96. The van der Waals surface area contributed by atoms with E-state index in [4.69, 9.17) is 16.3 Å². The third-order valence-corrected chi connectivity index (χ3v) is 6.80. The van der Waals surface area contributed by atoms with Gasteiger partial charge in [0.2, 0.25) is 15.9 Å². The van der Waals surface area contributed by atoms with Crippen LogP contribution in [0.3, 0.4) is 0 Å². The maximum Gasteiger partial charge on any atom is 0.274 e. The minimum Gasteiger partial charge on any atom is -0.495 e. The molecular formula is C23H22ClN3O6S. The van der Waals surface area contributed by atoms with E-state index in [1.54, 1.807) is 30.3 Å². The molecule has 3 rings (SSSR count). The van der Waals surface area contributed by atoms with Crippen molar-refractivity contribution in [3.8, 4) is 5.75 Å². The fourth-order valence-electron chi connectivity index (χ4n) is 3.33. The average molecular weight is 504 g/mol. The first-order chi connectivity index (χ1) is 16.1. The van der Waals surface area contributed by atoms with Crippen molar-refractivity contribution in [1.82, 2.24) is 4.72 Å². The maximum atomic E-state index is 13.2. The summed E-state index contributed by atoms with van der Waals surface area (Å²) in [5.74, 6) is -0.623. The van der Waals surface area contributed by atoms with Gasteiger partial charge in [0.15, 0.2) is 0 Å². The molecule has 178 valence electrons. The van der Waals surface area contributed by atoms with Crippen LogP contribution in [-0.2, 0) is 21.2 Å². The number of sulfonamides is 1. The van der Waals surface area contributed by atoms with Crippen LogP contribution in [0, 0.1) is 17.0 Å². The number of halogens is 1. The third-order valence-electron chi connectivity index (χ3n) is 5.07. The number of methoxy groups -OCH3 is 1. The molecule has 0 saturated carbocycles. The highest BCUT2D eigenvalue weighted by Gasteiger charge is 2.29. The first-order valence-corrected chi connectivity index (χ1v) is 11.9. The highest BCUT2D eigenvalue weighted by molar-refractivity contribution is 7.89. The summed E-state index contributed by atoms with van der Waals surface area (Å²) in [6.07, 6.45) is 0.0305. The molecule has 0 heterocycles. The molecule has 0 aromatic heterocycles. The second-order valence-corrected chi connectivity index (χ2v) is 9.47. The van der Waals surface area contributed by atoms with Crippen molar-refractivity contribution in [3.63, 3.8) is 0 Å². The summed E-state index contributed by atoms with van der Waals surface area (Å²) < 4.78 is 34.0. The van der Waals surface area contributed by atoms with Gasteiger partial charge in [-0.3, -0.25) is 14.9 Å². The fourth-order valence-corrected chi connectivity index (χ4v) is 4.95. The van der Waals surface area contributed by atoms with Crippen LogP contribution in [0.25, 0.3) is 0 Å². The van der Waals surface area contributed by atoms with Gasteiger partial charge in [-0.05, 0) is 43.2 Å². The second kappa shape index (κ2) is 10.6. The van der Waals surface area contributed by atoms with Gasteiger partial charge in [-0.1, -0.05) is 48.0 Å². The van der Waals surface area contributed by atoms with Crippen molar-refractivity contribution in [3.05, 3.63) is 93.0 Å². The molecule has 0 radical (unpaired) electrons. The molecule has 3 aromatic rings. The Morgan fingerprint density at radius 3 is 2.47 bits per heavy atom. The van der Waals surface area contributed by atoms with Crippen LogP contribution in [0.2, 0.25) is 5.02 Å². The standard InChI is InChI=1S/C23H22ClN3O6S/c1-15-18(9-6-10-20(15)27(29)30)25-23(28)19(13-16-7-4-3-5-8-16)26-34(31,32)22-14-17(24)11-12-21(22)33-2/h3-12,14,19,26H,13H2,1-2H3,(H,25,28)/t19-/m0/s1. The molecule has 0 spiro atoms. The molecule has 0 aliphatic rings. The van der Waals surface area contributed by atoms with Crippen molar-refractivity contribution in [2.45, 2.75) is 24.3 Å². The number of nitro groups is 1. The number of hydrogen-bond acceptors (Lipinski definition) is 6. The summed E-state index contributed by atoms with van der Waals surface area (Å²) in [6, 6.07) is 16.0. The van der Waals surface area contributed by atoms with Gasteiger partial charge in [-0.25, -0.2) is 8.42 Å². The summed E-state index contributed by atoms with van der Waals surface area (Å²) in [4.78, 5) is 23.7. The van der Waals surface area contributed by atoms with Crippen LogP contribution in [0.5, 0.6) is 5.75 Å². The lowest BCUT2D eigenvalue weighted by Gasteiger charge is -2.20. The first-order valence-electron chi connectivity index (χ1n) is 10.1. The van der Waals surface area contributed by atoms with Crippen LogP contribution in [0.4, 0.5) is 11.4 Å². The van der Waals surface area contributed by atoms with Crippen molar-refractivity contribution in [2.75, 3.05) is 12.4 Å². The van der Waals surface area contributed by atoms with Gasteiger partial charge in [-0.2, -0.15) is 4.72 Å². The average Bonchev–Trinajstić information content (AvgIpc) is 2.80. The predicted octanol–water partition coefficient (Wildman–Crippen LogP) is 4.09. The number of nitro benzene ring substituents is 1. The summed E-state index contributed by atoms with van der Waals surface area (Å²) in [7, 11) is -2.92. The molecule has 1 amide bonds. The molecule has 2 N–H and O–H groups in total. The van der Waals surface area contributed by atoms with E-state index >= 15 is 0 Å². The maximum absolute atomic E-state index is 13.2. The fraction of sp³-hybridized carbons (Fsp3) is 0.174. The SMILES string of the molecule is COc1ccc(Cl)cc1S(=O)(=O)N[C@@H](Cc1ccccc1)C(=O)Nc1cccc([N+](=O)[O-])c1C. The van der Waals surface area contributed by atoms with E-state index in [0.717, 1.165) is 0 Å². The Hall–Kier alpha value is -3.47. The van der Waals surface area contributed by atoms with Crippen LogP contribution in [0.1, 0.15) is 11.1 Å². The van der Waals surface area contributed by atoms with E-state index in [-0.39, 0.29) is 39.0 Å². The molecule has 0 bridgehead atoms. The number of carbonyl (C=O) groups is 1. The second-order valence-electron chi connectivity index (χ2n) is 7.35. The molecule has 1 atom stereocenters. The van der Waals surface area contributed by atoms with Gasteiger partial charge in [0.25, 0.3) is 5.69 Å². The first kappa shape index (κ1) is 25.2. The monoisotopic (exact) mass is 503 g/mol.